The maximum Gasteiger partial charge on any atom is 0.202 e. The maximum atomic E-state index is 5.57. The summed E-state index contributed by atoms with van der Waals surface area (Å²) < 4.78 is 11.1. The fraction of sp³-hybridized carbons (Fsp3) is 0.750. The molecule has 1 aliphatic rings. The van der Waals surface area contributed by atoms with Crippen LogP contribution in [0.25, 0.3) is 0 Å². The van der Waals surface area contributed by atoms with Crippen LogP contribution >= 0.6 is 0 Å². The highest BCUT2D eigenvalue weighted by Gasteiger charge is 2.34. The number of hydrogen-bond acceptors (Lipinski definition) is 4. The van der Waals surface area contributed by atoms with E-state index in [1.807, 2.05) is 0 Å². The topological polar surface area (TPSA) is 61.3 Å². The van der Waals surface area contributed by atoms with E-state index < -0.39 is 0 Å². The van der Waals surface area contributed by atoms with E-state index in [0.29, 0.717) is 13.2 Å². The van der Waals surface area contributed by atoms with Crippen molar-refractivity contribution in [2.45, 2.75) is 38.0 Å². The van der Waals surface area contributed by atoms with Crippen molar-refractivity contribution in [3.05, 3.63) is 17.8 Å². The number of rotatable bonds is 4. The lowest BCUT2D eigenvalue weighted by atomic mass is 9.85. The Labute approximate surface area is 96.2 Å². The summed E-state index contributed by atoms with van der Waals surface area (Å²) in [6.45, 7) is 4.42. The van der Waals surface area contributed by atoms with Crippen molar-refractivity contribution in [3.63, 3.8) is 0 Å². The van der Waals surface area contributed by atoms with Gasteiger partial charge in [-0.2, -0.15) is 0 Å². The molecule has 4 heteroatoms. The number of nitrogens with zero attached hydrogens (tertiary/aromatic N) is 1. The highest BCUT2D eigenvalue weighted by molar-refractivity contribution is 5.08. The van der Waals surface area contributed by atoms with Crippen LogP contribution in [-0.4, -0.2) is 24.7 Å². The third kappa shape index (κ3) is 2.44. The first-order chi connectivity index (χ1) is 7.74. The normalized spacial score (nSPS) is 25.9. The molecule has 0 aromatic carbocycles. The van der Waals surface area contributed by atoms with E-state index in [1.165, 1.54) is 0 Å². The molecule has 1 aromatic heterocycles. The van der Waals surface area contributed by atoms with E-state index >= 15 is 0 Å². The number of aromatic nitrogens is 1. The molecular formula is C12H20N2O2. The molecule has 0 aliphatic carbocycles. The lowest BCUT2D eigenvalue weighted by Gasteiger charge is -2.30. The molecular weight excluding hydrogens is 204 g/mol. The van der Waals surface area contributed by atoms with E-state index in [0.717, 1.165) is 43.9 Å². The summed E-state index contributed by atoms with van der Waals surface area (Å²) in [5, 5.41) is 0. The molecule has 0 saturated carbocycles. The molecule has 90 valence electrons. The monoisotopic (exact) mass is 224 g/mol. The zero-order valence-electron chi connectivity index (χ0n) is 9.87. The van der Waals surface area contributed by atoms with Gasteiger partial charge in [-0.1, -0.05) is 0 Å². The van der Waals surface area contributed by atoms with E-state index in [1.54, 1.807) is 6.26 Å². The van der Waals surface area contributed by atoms with Crippen molar-refractivity contribution in [3.8, 4) is 0 Å². The second-order valence-electron chi connectivity index (χ2n) is 4.75. The van der Waals surface area contributed by atoms with Gasteiger partial charge in [-0.3, -0.25) is 0 Å². The van der Waals surface area contributed by atoms with Crippen molar-refractivity contribution >= 4 is 0 Å². The molecule has 1 unspecified atom stereocenters. The van der Waals surface area contributed by atoms with Crippen LogP contribution in [0, 0.1) is 0 Å². The Morgan fingerprint density at radius 2 is 2.44 bits per heavy atom. The molecule has 1 aromatic rings. The molecule has 16 heavy (non-hydrogen) atoms. The summed E-state index contributed by atoms with van der Waals surface area (Å²) >= 11 is 0. The molecule has 2 rings (SSSR count). The van der Waals surface area contributed by atoms with Crippen molar-refractivity contribution < 1.29 is 9.15 Å². The number of nitrogens with two attached hydrogens (primary N) is 1. The predicted octanol–water partition coefficient (Wildman–Crippen LogP) is 1.63. The zero-order valence-corrected chi connectivity index (χ0v) is 9.87. The van der Waals surface area contributed by atoms with Gasteiger partial charge < -0.3 is 14.9 Å². The van der Waals surface area contributed by atoms with Gasteiger partial charge in [0.05, 0.1) is 17.7 Å². The van der Waals surface area contributed by atoms with Gasteiger partial charge in [0.1, 0.15) is 6.26 Å². The lowest BCUT2D eigenvalue weighted by Crippen LogP contribution is -2.33. The van der Waals surface area contributed by atoms with E-state index in [9.17, 15) is 0 Å². The first kappa shape index (κ1) is 11.6. The van der Waals surface area contributed by atoms with E-state index in [4.69, 9.17) is 14.9 Å². The Kier molecular flexibility index (Phi) is 3.61. The molecule has 0 bridgehead atoms. The van der Waals surface area contributed by atoms with Crippen molar-refractivity contribution in [2.75, 3.05) is 19.8 Å². The van der Waals surface area contributed by atoms with Crippen LogP contribution in [0.15, 0.2) is 10.7 Å². The maximum absolute atomic E-state index is 5.57. The average Bonchev–Trinajstić information content (AvgIpc) is 2.77. The summed E-state index contributed by atoms with van der Waals surface area (Å²) in [4.78, 5) is 4.54. The molecule has 4 nitrogen and oxygen atoms in total. The van der Waals surface area contributed by atoms with Gasteiger partial charge in [0, 0.05) is 6.61 Å². The minimum atomic E-state index is -0.0424. The van der Waals surface area contributed by atoms with Gasteiger partial charge in [-0.15, -0.1) is 0 Å². The second-order valence-corrected chi connectivity index (χ2v) is 4.75. The van der Waals surface area contributed by atoms with E-state index in [2.05, 4.69) is 11.9 Å². The minimum absolute atomic E-state index is 0.0424. The average molecular weight is 224 g/mol. The molecule has 0 radical (unpaired) electrons. The summed E-state index contributed by atoms with van der Waals surface area (Å²) in [7, 11) is 0. The molecule has 0 amide bonds. The second kappa shape index (κ2) is 4.97. The molecule has 0 spiro atoms. The van der Waals surface area contributed by atoms with Gasteiger partial charge in [-0.05, 0) is 39.2 Å². The Morgan fingerprint density at radius 1 is 1.56 bits per heavy atom. The minimum Gasteiger partial charge on any atom is -0.448 e. The number of hydrogen-bond donors (Lipinski definition) is 1. The summed E-state index contributed by atoms with van der Waals surface area (Å²) in [5.74, 6) is 0.819. The van der Waals surface area contributed by atoms with Crippen LogP contribution in [-0.2, 0) is 16.6 Å². The molecule has 1 atom stereocenters. The summed E-state index contributed by atoms with van der Waals surface area (Å²) in [6.07, 6.45) is 5.78. The van der Waals surface area contributed by atoms with Crippen molar-refractivity contribution in [1.29, 1.82) is 0 Å². The van der Waals surface area contributed by atoms with Crippen LogP contribution in [0.2, 0.25) is 0 Å². The number of ether oxygens (including phenoxy) is 1. The number of oxazole rings is 1. The standard InChI is InChI=1S/C12H20N2O2/c1-12(5-3-7-15-9-12)11-14-10(8-16-11)4-2-6-13/h8H,2-7,9,13H2,1H3. The Morgan fingerprint density at radius 3 is 3.12 bits per heavy atom. The van der Waals surface area contributed by atoms with Crippen LogP contribution in [0.3, 0.4) is 0 Å². The lowest BCUT2D eigenvalue weighted by molar-refractivity contribution is 0.0307. The fourth-order valence-corrected chi connectivity index (χ4v) is 2.08. The smallest absolute Gasteiger partial charge is 0.202 e. The number of aryl methyl sites for hydroxylation is 1. The SMILES string of the molecule is CC1(c2nc(CCCN)co2)CCCOC1. The Balaban J connectivity index is 2.05. The summed E-state index contributed by atoms with van der Waals surface area (Å²) in [6, 6.07) is 0. The first-order valence-electron chi connectivity index (χ1n) is 5.97. The third-order valence-electron chi connectivity index (χ3n) is 3.14. The molecule has 1 fully saturated rings. The quantitative estimate of drug-likeness (QED) is 0.844. The Hall–Kier alpha value is -0.870. The van der Waals surface area contributed by atoms with Crippen molar-refractivity contribution in [2.24, 2.45) is 5.73 Å². The van der Waals surface area contributed by atoms with Crippen LogP contribution in [0.4, 0.5) is 0 Å². The van der Waals surface area contributed by atoms with Gasteiger partial charge in [0.15, 0.2) is 0 Å². The highest BCUT2D eigenvalue weighted by atomic mass is 16.5. The van der Waals surface area contributed by atoms with Gasteiger partial charge in [-0.25, -0.2) is 4.98 Å². The van der Waals surface area contributed by atoms with Crippen LogP contribution in [0.1, 0.15) is 37.8 Å². The summed E-state index contributed by atoms with van der Waals surface area (Å²) in [5.41, 5.74) is 6.44. The van der Waals surface area contributed by atoms with Gasteiger partial charge >= 0.3 is 0 Å². The molecule has 2 N–H and O–H groups in total. The van der Waals surface area contributed by atoms with Gasteiger partial charge in [0.2, 0.25) is 5.89 Å². The first-order valence-corrected chi connectivity index (χ1v) is 5.97. The predicted molar refractivity (Wildman–Crippen MR) is 61.3 cm³/mol. The van der Waals surface area contributed by atoms with E-state index in [-0.39, 0.29) is 5.41 Å². The molecule has 1 aliphatic heterocycles. The third-order valence-corrected chi connectivity index (χ3v) is 3.14. The zero-order chi connectivity index (χ0) is 11.4. The largest absolute Gasteiger partial charge is 0.448 e. The van der Waals surface area contributed by atoms with Crippen molar-refractivity contribution in [1.82, 2.24) is 4.98 Å². The Bertz CT molecular complexity index is 330. The van der Waals surface area contributed by atoms with Crippen LogP contribution in [0.5, 0.6) is 0 Å². The molecule has 1 saturated heterocycles. The highest BCUT2D eigenvalue weighted by Crippen LogP contribution is 2.31. The molecule has 2 heterocycles. The van der Waals surface area contributed by atoms with Crippen LogP contribution < -0.4 is 5.73 Å². The fourth-order valence-electron chi connectivity index (χ4n) is 2.08. The van der Waals surface area contributed by atoms with Gasteiger partial charge in [0.25, 0.3) is 0 Å².